The van der Waals surface area contributed by atoms with E-state index in [1.165, 1.54) is 11.8 Å². The van der Waals surface area contributed by atoms with Crippen LogP contribution in [0.2, 0.25) is 5.15 Å². The zero-order valence-electron chi connectivity index (χ0n) is 9.15. The quantitative estimate of drug-likeness (QED) is 0.714. The highest BCUT2D eigenvalue weighted by Crippen LogP contribution is 2.18. The van der Waals surface area contributed by atoms with Crippen molar-refractivity contribution in [3.63, 3.8) is 0 Å². The van der Waals surface area contributed by atoms with Crippen LogP contribution in [-0.2, 0) is 4.79 Å². The summed E-state index contributed by atoms with van der Waals surface area (Å²) in [5.74, 6) is 0.867. The summed E-state index contributed by atoms with van der Waals surface area (Å²) >= 11 is 5.83. The lowest BCUT2D eigenvalue weighted by molar-refractivity contribution is -0.116. The minimum absolute atomic E-state index is 0.102. The molecular formula is C9H13ClN4O. The molecule has 0 atom stereocenters. The fourth-order valence-electron chi connectivity index (χ4n) is 0.927. The van der Waals surface area contributed by atoms with Gasteiger partial charge >= 0.3 is 0 Å². The highest BCUT2D eigenvalue weighted by Gasteiger charge is 2.11. The first kappa shape index (κ1) is 11.7. The lowest BCUT2D eigenvalue weighted by atomic mass is 10.5. The molecule has 0 N–H and O–H groups in total. The van der Waals surface area contributed by atoms with Crippen molar-refractivity contribution in [1.29, 1.82) is 0 Å². The molecule has 1 heterocycles. The molecule has 0 radical (unpaired) electrons. The molecule has 15 heavy (non-hydrogen) atoms. The Morgan fingerprint density at radius 2 is 1.93 bits per heavy atom. The number of carbonyl (C=O) groups is 1. The first-order valence-electron chi connectivity index (χ1n) is 4.38. The van der Waals surface area contributed by atoms with Crippen LogP contribution in [0.4, 0.5) is 11.8 Å². The van der Waals surface area contributed by atoms with Crippen molar-refractivity contribution in [3.8, 4) is 0 Å². The summed E-state index contributed by atoms with van der Waals surface area (Å²) in [6, 6.07) is 1.55. The summed E-state index contributed by atoms with van der Waals surface area (Å²) in [6.45, 7) is 1.46. The summed E-state index contributed by atoms with van der Waals surface area (Å²) in [6.07, 6.45) is 0. The van der Waals surface area contributed by atoms with Crippen LogP contribution in [0.25, 0.3) is 0 Å². The Morgan fingerprint density at radius 3 is 2.40 bits per heavy atom. The van der Waals surface area contributed by atoms with Crippen LogP contribution in [0.1, 0.15) is 6.92 Å². The van der Waals surface area contributed by atoms with Gasteiger partial charge in [-0.1, -0.05) is 11.6 Å². The van der Waals surface area contributed by atoms with E-state index in [9.17, 15) is 4.79 Å². The molecule has 1 rings (SSSR count). The lowest BCUT2D eigenvalue weighted by Crippen LogP contribution is -2.25. The zero-order chi connectivity index (χ0) is 11.6. The minimum Gasteiger partial charge on any atom is -0.347 e. The summed E-state index contributed by atoms with van der Waals surface area (Å²) in [7, 11) is 5.26. The standard InChI is InChI=1S/C9H13ClN4O/c1-6(15)14(4)8-5-7(10)11-9(12-8)13(2)3/h5H,1-4H3. The summed E-state index contributed by atoms with van der Waals surface area (Å²) < 4.78 is 0. The molecule has 0 saturated carbocycles. The van der Waals surface area contributed by atoms with Gasteiger partial charge in [0, 0.05) is 34.1 Å². The van der Waals surface area contributed by atoms with Crippen LogP contribution in [0.3, 0.4) is 0 Å². The van der Waals surface area contributed by atoms with Gasteiger partial charge in [-0.15, -0.1) is 0 Å². The fraction of sp³-hybridized carbons (Fsp3) is 0.444. The van der Waals surface area contributed by atoms with E-state index in [0.717, 1.165) is 0 Å². The van der Waals surface area contributed by atoms with E-state index in [1.54, 1.807) is 18.0 Å². The summed E-state index contributed by atoms with van der Waals surface area (Å²) in [5, 5.41) is 0.316. The first-order chi connectivity index (χ1) is 6.91. The highest BCUT2D eigenvalue weighted by atomic mass is 35.5. The van der Waals surface area contributed by atoms with Crippen LogP contribution in [0.5, 0.6) is 0 Å². The number of anilines is 2. The van der Waals surface area contributed by atoms with Gasteiger partial charge in [0.05, 0.1) is 0 Å². The van der Waals surface area contributed by atoms with Gasteiger partial charge in [-0.2, -0.15) is 4.98 Å². The first-order valence-corrected chi connectivity index (χ1v) is 4.76. The number of halogens is 1. The molecule has 6 heteroatoms. The van der Waals surface area contributed by atoms with E-state index in [1.807, 2.05) is 14.1 Å². The molecule has 82 valence electrons. The molecule has 0 aliphatic carbocycles. The number of rotatable bonds is 2. The number of hydrogen-bond donors (Lipinski definition) is 0. The zero-order valence-corrected chi connectivity index (χ0v) is 9.91. The number of hydrogen-bond acceptors (Lipinski definition) is 4. The second kappa shape index (κ2) is 4.44. The molecule has 1 aromatic rings. The normalized spacial score (nSPS) is 9.93. The Bertz CT molecular complexity index is 380. The van der Waals surface area contributed by atoms with Crippen molar-refractivity contribution >= 4 is 29.3 Å². The van der Waals surface area contributed by atoms with Gasteiger partial charge in [0.15, 0.2) is 0 Å². The maximum atomic E-state index is 11.1. The predicted molar refractivity (Wildman–Crippen MR) is 60.5 cm³/mol. The second-order valence-electron chi connectivity index (χ2n) is 3.32. The monoisotopic (exact) mass is 228 g/mol. The third kappa shape index (κ3) is 2.79. The van der Waals surface area contributed by atoms with Gasteiger partial charge in [0.25, 0.3) is 0 Å². The number of carbonyl (C=O) groups excluding carboxylic acids is 1. The van der Waals surface area contributed by atoms with E-state index in [0.29, 0.717) is 16.9 Å². The van der Waals surface area contributed by atoms with Gasteiger partial charge in [-0.3, -0.25) is 9.69 Å². The molecule has 0 aromatic carbocycles. The number of aromatic nitrogens is 2. The van der Waals surface area contributed by atoms with Gasteiger partial charge in [-0.25, -0.2) is 4.98 Å². The molecule has 0 saturated heterocycles. The molecule has 0 aliphatic rings. The third-order valence-electron chi connectivity index (χ3n) is 1.89. The molecule has 1 amide bonds. The molecule has 5 nitrogen and oxygen atoms in total. The number of amides is 1. The van der Waals surface area contributed by atoms with Gasteiger partial charge in [0.1, 0.15) is 11.0 Å². The third-order valence-corrected chi connectivity index (χ3v) is 2.08. The summed E-state index contributed by atoms with van der Waals surface area (Å²) in [4.78, 5) is 22.5. The maximum Gasteiger partial charge on any atom is 0.228 e. The molecule has 0 aliphatic heterocycles. The number of nitrogens with zero attached hydrogens (tertiary/aromatic N) is 4. The van der Waals surface area contributed by atoms with Crippen molar-refractivity contribution < 1.29 is 4.79 Å². The van der Waals surface area contributed by atoms with Crippen LogP contribution in [0, 0.1) is 0 Å². The fourth-order valence-corrected chi connectivity index (χ4v) is 1.10. The lowest BCUT2D eigenvalue weighted by Gasteiger charge is -2.17. The Morgan fingerprint density at radius 1 is 1.33 bits per heavy atom. The smallest absolute Gasteiger partial charge is 0.228 e. The van der Waals surface area contributed by atoms with Crippen LogP contribution in [0.15, 0.2) is 6.07 Å². The summed E-state index contributed by atoms with van der Waals surface area (Å²) in [5.41, 5.74) is 0. The second-order valence-corrected chi connectivity index (χ2v) is 3.71. The van der Waals surface area contributed by atoms with Crippen molar-refractivity contribution in [1.82, 2.24) is 9.97 Å². The largest absolute Gasteiger partial charge is 0.347 e. The molecule has 1 aromatic heterocycles. The van der Waals surface area contributed by atoms with E-state index in [2.05, 4.69) is 9.97 Å². The highest BCUT2D eigenvalue weighted by molar-refractivity contribution is 6.29. The van der Waals surface area contributed by atoms with Crippen molar-refractivity contribution in [2.75, 3.05) is 30.9 Å². The van der Waals surface area contributed by atoms with Crippen molar-refractivity contribution in [2.45, 2.75) is 6.92 Å². The van der Waals surface area contributed by atoms with E-state index >= 15 is 0 Å². The minimum atomic E-state index is -0.102. The van der Waals surface area contributed by atoms with Gasteiger partial charge in [-0.05, 0) is 0 Å². The van der Waals surface area contributed by atoms with E-state index in [-0.39, 0.29) is 5.91 Å². The Kier molecular flexibility index (Phi) is 3.47. The molecule has 0 unspecified atom stereocenters. The van der Waals surface area contributed by atoms with E-state index in [4.69, 9.17) is 11.6 Å². The molecular weight excluding hydrogens is 216 g/mol. The van der Waals surface area contributed by atoms with Crippen LogP contribution in [-0.4, -0.2) is 37.0 Å². The van der Waals surface area contributed by atoms with E-state index < -0.39 is 0 Å². The van der Waals surface area contributed by atoms with Gasteiger partial charge < -0.3 is 4.90 Å². The molecule has 0 spiro atoms. The Labute approximate surface area is 93.7 Å². The SMILES string of the molecule is CC(=O)N(C)c1cc(Cl)nc(N(C)C)n1. The Balaban J connectivity index is 3.14. The van der Waals surface area contributed by atoms with Crippen LogP contribution >= 0.6 is 11.6 Å². The average Bonchev–Trinajstić information content (AvgIpc) is 2.15. The maximum absolute atomic E-state index is 11.1. The van der Waals surface area contributed by atoms with Crippen LogP contribution < -0.4 is 9.80 Å². The molecule has 0 bridgehead atoms. The topological polar surface area (TPSA) is 49.3 Å². The van der Waals surface area contributed by atoms with Crippen molar-refractivity contribution in [2.24, 2.45) is 0 Å². The predicted octanol–water partition coefficient (Wildman–Crippen LogP) is 1.18. The molecule has 0 fully saturated rings. The Hall–Kier alpha value is -1.36. The van der Waals surface area contributed by atoms with Gasteiger partial charge in [0.2, 0.25) is 11.9 Å². The van der Waals surface area contributed by atoms with Crippen molar-refractivity contribution in [3.05, 3.63) is 11.2 Å². The average molecular weight is 229 g/mol.